The van der Waals surface area contributed by atoms with Crippen LogP contribution in [-0.4, -0.2) is 28.2 Å². The van der Waals surface area contributed by atoms with E-state index in [-0.39, 0.29) is 0 Å². The molecule has 0 bridgehead atoms. The lowest BCUT2D eigenvalue weighted by atomic mass is 9.98. The minimum absolute atomic E-state index is 0.417. The summed E-state index contributed by atoms with van der Waals surface area (Å²) >= 11 is 0. The number of aliphatic carboxylic acids is 1. The van der Waals surface area contributed by atoms with E-state index in [1.165, 1.54) is 19.8 Å². The first-order valence-electron chi connectivity index (χ1n) is 3.17. The van der Waals surface area contributed by atoms with Crippen molar-refractivity contribution in [2.24, 2.45) is 5.92 Å². The maximum absolute atomic E-state index is 10.3. The predicted molar refractivity (Wildman–Crippen MR) is 37.7 cm³/mol. The molecule has 4 heteroatoms. The van der Waals surface area contributed by atoms with Gasteiger partial charge in [-0.2, -0.15) is 0 Å². The summed E-state index contributed by atoms with van der Waals surface area (Å²) in [4.78, 5) is 20.3. The molecular formula is C7H10O4. The summed E-state index contributed by atoms with van der Waals surface area (Å²) in [6, 6.07) is 0. The number of carboxylic acids is 1. The molecule has 0 aliphatic rings. The van der Waals surface area contributed by atoms with Crippen molar-refractivity contribution < 1.29 is 19.8 Å². The van der Waals surface area contributed by atoms with Crippen molar-refractivity contribution in [3.8, 4) is 0 Å². The van der Waals surface area contributed by atoms with Gasteiger partial charge in [-0.1, -0.05) is 6.92 Å². The molecule has 2 unspecified atom stereocenters. The highest BCUT2D eigenvalue weighted by molar-refractivity contribution is 5.95. The molecule has 0 aliphatic carbocycles. The first-order valence-corrected chi connectivity index (χ1v) is 3.17. The lowest BCUT2D eigenvalue weighted by Crippen LogP contribution is -2.20. The molecule has 11 heavy (non-hydrogen) atoms. The van der Waals surface area contributed by atoms with Crippen LogP contribution in [0.4, 0.5) is 0 Å². The standard InChI is InChI=1S/C7H10O4/c1-4(5(2)9)6(3-8)7(10)11/h4-5,9H,1-2H3,(H,10,11). The molecule has 0 heterocycles. The topological polar surface area (TPSA) is 74.6 Å². The molecule has 0 radical (unpaired) electrons. The van der Waals surface area contributed by atoms with Gasteiger partial charge in [-0.3, -0.25) is 0 Å². The SMILES string of the molecule is CC(O)C(C)C(=C=O)C(=O)O. The molecule has 0 aliphatic heterocycles. The normalized spacial score (nSPS) is 14.8. The Balaban J connectivity index is 4.55. The van der Waals surface area contributed by atoms with Gasteiger partial charge < -0.3 is 10.2 Å². The Morgan fingerprint density at radius 1 is 1.45 bits per heavy atom. The molecule has 0 rings (SSSR count). The number of hydrogen-bond donors (Lipinski definition) is 2. The summed E-state index contributed by atoms with van der Waals surface area (Å²) in [5.41, 5.74) is -0.417. The van der Waals surface area contributed by atoms with Crippen LogP contribution in [0.1, 0.15) is 13.8 Å². The number of carbonyl (C=O) groups excluding carboxylic acids is 1. The Morgan fingerprint density at radius 3 is 2.00 bits per heavy atom. The third kappa shape index (κ3) is 2.53. The second-order valence-electron chi connectivity index (χ2n) is 2.35. The van der Waals surface area contributed by atoms with Gasteiger partial charge in [0.05, 0.1) is 6.10 Å². The third-order valence-electron chi connectivity index (χ3n) is 1.52. The van der Waals surface area contributed by atoms with Gasteiger partial charge in [0.2, 0.25) is 0 Å². The van der Waals surface area contributed by atoms with Gasteiger partial charge in [0.1, 0.15) is 11.5 Å². The van der Waals surface area contributed by atoms with Crippen LogP contribution >= 0.6 is 0 Å². The lowest BCUT2D eigenvalue weighted by Gasteiger charge is -2.11. The molecular weight excluding hydrogens is 148 g/mol. The lowest BCUT2D eigenvalue weighted by molar-refractivity contribution is -0.133. The van der Waals surface area contributed by atoms with Gasteiger partial charge in [-0.15, -0.1) is 0 Å². The number of aliphatic hydroxyl groups is 1. The maximum Gasteiger partial charge on any atom is 0.343 e. The molecule has 0 amide bonds. The number of carbonyl (C=O) groups is 1. The van der Waals surface area contributed by atoms with Crippen LogP contribution < -0.4 is 0 Å². The second kappa shape index (κ2) is 3.91. The van der Waals surface area contributed by atoms with Crippen LogP contribution in [0.2, 0.25) is 0 Å². The van der Waals surface area contributed by atoms with E-state index in [0.717, 1.165) is 0 Å². The molecule has 0 saturated heterocycles. The quantitative estimate of drug-likeness (QED) is 0.442. The Bertz CT molecular complexity index is 200. The molecule has 0 aromatic heterocycles. The van der Waals surface area contributed by atoms with E-state index in [9.17, 15) is 9.59 Å². The maximum atomic E-state index is 10.3. The number of aliphatic hydroxyl groups excluding tert-OH is 1. The first kappa shape index (κ1) is 9.88. The van der Waals surface area contributed by atoms with E-state index in [4.69, 9.17) is 10.2 Å². The van der Waals surface area contributed by atoms with Crippen molar-refractivity contribution in [1.82, 2.24) is 0 Å². The van der Waals surface area contributed by atoms with E-state index in [2.05, 4.69) is 0 Å². The summed E-state index contributed by atoms with van der Waals surface area (Å²) in [7, 11) is 0. The predicted octanol–water partition coefficient (Wildman–Crippen LogP) is -0.154. The molecule has 2 atom stereocenters. The largest absolute Gasteiger partial charge is 0.477 e. The molecule has 0 aromatic rings. The highest BCUT2D eigenvalue weighted by atomic mass is 16.4. The van der Waals surface area contributed by atoms with E-state index in [1.54, 1.807) is 0 Å². The fraction of sp³-hybridized carbons (Fsp3) is 0.571. The number of hydrogen-bond acceptors (Lipinski definition) is 3. The van der Waals surface area contributed by atoms with Gasteiger partial charge in [-0.05, 0) is 6.92 Å². The van der Waals surface area contributed by atoms with Crippen LogP contribution in [0.15, 0.2) is 5.57 Å². The average Bonchev–Trinajstić information content (AvgIpc) is 1.88. The van der Waals surface area contributed by atoms with Crippen LogP contribution in [0.25, 0.3) is 0 Å². The van der Waals surface area contributed by atoms with Crippen LogP contribution in [0.3, 0.4) is 0 Å². The van der Waals surface area contributed by atoms with Crippen molar-refractivity contribution >= 4 is 11.9 Å². The first-order chi connectivity index (χ1) is 5.00. The fourth-order valence-corrected chi connectivity index (χ4v) is 0.573. The van der Waals surface area contributed by atoms with Gasteiger partial charge >= 0.3 is 5.97 Å². The number of rotatable bonds is 3. The zero-order valence-corrected chi connectivity index (χ0v) is 6.37. The summed E-state index contributed by atoms with van der Waals surface area (Å²) in [5.74, 6) is -0.712. The van der Waals surface area contributed by atoms with Crippen molar-refractivity contribution in [1.29, 1.82) is 0 Å². The van der Waals surface area contributed by atoms with E-state index in [0.29, 0.717) is 0 Å². The minimum atomic E-state index is -1.33. The Kier molecular flexibility index (Phi) is 3.51. The van der Waals surface area contributed by atoms with E-state index >= 15 is 0 Å². The van der Waals surface area contributed by atoms with E-state index < -0.39 is 23.6 Å². The zero-order valence-electron chi connectivity index (χ0n) is 6.37. The highest BCUT2D eigenvalue weighted by Gasteiger charge is 2.21. The second-order valence-corrected chi connectivity index (χ2v) is 2.35. The minimum Gasteiger partial charge on any atom is -0.477 e. The summed E-state index contributed by atoms with van der Waals surface area (Å²) in [6.45, 7) is 2.88. The van der Waals surface area contributed by atoms with Crippen LogP contribution in [0, 0.1) is 5.92 Å². The smallest absolute Gasteiger partial charge is 0.343 e. The van der Waals surface area contributed by atoms with Crippen LogP contribution in [0.5, 0.6) is 0 Å². The molecule has 0 fully saturated rings. The van der Waals surface area contributed by atoms with Gasteiger partial charge in [-0.25, -0.2) is 9.59 Å². The molecule has 0 spiro atoms. The van der Waals surface area contributed by atoms with Crippen LogP contribution in [-0.2, 0) is 9.59 Å². The molecule has 62 valence electrons. The zero-order chi connectivity index (χ0) is 9.02. The summed E-state index contributed by atoms with van der Waals surface area (Å²) < 4.78 is 0. The van der Waals surface area contributed by atoms with Crippen molar-refractivity contribution in [3.63, 3.8) is 0 Å². The van der Waals surface area contributed by atoms with E-state index in [1.807, 2.05) is 0 Å². The monoisotopic (exact) mass is 158 g/mol. The molecule has 2 N–H and O–H groups in total. The van der Waals surface area contributed by atoms with Crippen molar-refractivity contribution in [3.05, 3.63) is 5.57 Å². The summed E-state index contributed by atoms with van der Waals surface area (Å²) in [5, 5.41) is 17.3. The van der Waals surface area contributed by atoms with Gasteiger partial charge in [0, 0.05) is 5.92 Å². The molecule has 4 nitrogen and oxygen atoms in total. The number of carboxylic acid groups (broad SMARTS) is 1. The Morgan fingerprint density at radius 2 is 1.91 bits per heavy atom. The Labute approximate surface area is 64.2 Å². The molecule has 0 aromatic carbocycles. The van der Waals surface area contributed by atoms with Crippen molar-refractivity contribution in [2.75, 3.05) is 0 Å². The van der Waals surface area contributed by atoms with Gasteiger partial charge in [0.25, 0.3) is 0 Å². The van der Waals surface area contributed by atoms with Crippen molar-refractivity contribution in [2.45, 2.75) is 20.0 Å². The fourth-order valence-electron chi connectivity index (χ4n) is 0.573. The summed E-state index contributed by atoms with van der Waals surface area (Å²) in [6.07, 6.45) is -0.845. The Hall–Kier alpha value is -1.12. The highest BCUT2D eigenvalue weighted by Crippen LogP contribution is 2.11. The molecule has 0 saturated carbocycles. The average molecular weight is 158 g/mol. The third-order valence-corrected chi connectivity index (χ3v) is 1.52. The van der Waals surface area contributed by atoms with Gasteiger partial charge in [0.15, 0.2) is 0 Å².